The van der Waals surface area contributed by atoms with Crippen LogP contribution in [0.25, 0.3) is 11.6 Å². The maximum Gasteiger partial charge on any atom is 0.337 e. The molecule has 0 aromatic carbocycles. The SMILES string of the molecule is Cc1c(C(=O)O)c[nH]c1C=C1C(=O)N(Cc2cnn(C)c2C)c2nc(N)nc(Cl)c21. The first kappa shape index (κ1) is 19.6. The Morgan fingerprint density at radius 1 is 1.37 bits per heavy atom. The van der Waals surface area contributed by atoms with Crippen LogP contribution >= 0.6 is 11.6 Å². The van der Waals surface area contributed by atoms with Crippen LogP contribution < -0.4 is 10.6 Å². The maximum absolute atomic E-state index is 13.3. The fraction of sp³-hybridized carbons (Fsp3) is 0.211. The third-order valence-electron chi connectivity index (χ3n) is 5.23. The summed E-state index contributed by atoms with van der Waals surface area (Å²) in [5.41, 5.74) is 9.22. The van der Waals surface area contributed by atoms with Gasteiger partial charge in [-0.15, -0.1) is 0 Å². The normalized spacial score (nSPS) is 14.6. The molecule has 0 saturated heterocycles. The fourth-order valence-corrected chi connectivity index (χ4v) is 3.66. The van der Waals surface area contributed by atoms with E-state index in [9.17, 15) is 14.7 Å². The van der Waals surface area contributed by atoms with Crippen LogP contribution in [0.2, 0.25) is 5.15 Å². The number of aromatic amines is 1. The van der Waals surface area contributed by atoms with Gasteiger partial charge in [-0.1, -0.05) is 11.6 Å². The first-order valence-electron chi connectivity index (χ1n) is 8.94. The molecule has 1 aliphatic rings. The van der Waals surface area contributed by atoms with E-state index < -0.39 is 5.97 Å². The Morgan fingerprint density at radius 2 is 2.10 bits per heavy atom. The summed E-state index contributed by atoms with van der Waals surface area (Å²) in [6.45, 7) is 3.78. The lowest BCUT2D eigenvalue weighted by Crippen LogP contribution is -2.26. The van der Waals surface area contributed by atoms with Crippen molar-refractivity contribution in [2.75, 3.05) is 10.6 Å². The predicted octanol–water partition coefficient (Wildman–Crippen LogP) is 2.18. The van der Waals surface area contributed by atoms with Gasteiger partial charge in [0.15, 0.2) is 5.82 Å². The number of carbonyl (C=O) groups excluding carboxylic acids is 1. The second-order valence-corrected chi connectivity index (χ2v) is 7.30. The van der Waals surface area contributed by atoms with Gasteiger partial charge in [0.1, 0.15) is 5.15 Å². The molecule has 4 rings (SSSR count). The van der Waals surface area contributed by atoms with Gasteiger partial charge in [0.2, 0.25) is 5.95 Å². The second kappa shape index (κ2) is 6.99. The van der Waals surface area contributed by atoms with Crippen molar-refractivity contribution in [3.05, 3.63) is 51.2 Å². The zero-order chi connectivity index (χ0) is 21.7. The number of hydrogen-bond acceptors (Lipinski definition) is 6. The van der Waals surface area contributed by atoms with Crippen molar-refractivity contribution in [1.82, 2.24) is 24.7 Å². The molecule has 1 amide bonds. The highest BCUT2D eigenvalue weighted by molar-refractivity contribution is 6.41. The number of H-pyrrole nitrogens is 1. The van der Waals surface area contributed by atoms with E-state index in [-0.39, 0.29) is 34.7 Å². The molecule has 4 N–H and O–H groups in total. The number of anilines is 2. The Balaban J connectivity index is 1.85. The molecular weight excluding hydrogens is 410 g/mol. The molecule has 10 nitrogen and oxygen atoms in total. The van der Waals surface area contributed by atoms with Crippen molar-refractivity contribution < 1.29 is 14.7 Å². The lowest BCUT2D eigenvalue weighted by Gasteiger charge is -2.16. The monoisotopic (exact) mass is 427 g/mol. The molecule has 1 aliphatic heterocycles. The van der Waals surface area contributed by atoms with E-state index in [0.717, 1.165) is 11.3 Å². The Bertz CT molecular complexity index is 1240. The minimum Gasteiger partial charge on any atom is -0.478 e. The Morgan fingerprint density at radius 3 is 2.70 bits per heavy atom. The molecule has 0 fully saturated rings. The summed E-state index contributed by atoms with van der Waals surface area (Å²) in [7, 11) is 1.81. The lowest BCUT2D eigenvalue weighted by atomic mass is 10.1. The fourth-order valence-electron chi connectivity index (χ4n) is 3.39. The third kappa shape index (κ3) is 3.01. The van der Waals surface area contributed by atoms with Gasteiger partial charge in [-0.2, -0.15) is 10.1 Å². The highest BCUT2D eigenvalue weighted by atomic mass is 35.5. The van der Waals surface area contributed by atoms with Gasteiger partial charge in [0.05, 0.1) is 29.4 Å². The molecule has 0 spiro atoms. The van der Waals surface area contributed by atoms with Gasteiger partial charge in [-0.05, 0) is 25.5 Å². The molecule has 0 aliphatic carbocycles. The number of nitrogens with zero attached hydrogens (tertiary/aromatic N) is 5. The average Bonchev–Trinajstić information content (AvgIpc) is 3.28. The third-order valence-corrected chi connectivity index (χ3v) is 5.50. The van der Waals surface area contributed by atoms with Crippen molar-refractivity contribution in [2.24, 2.45) is 7.05 Å². The van der Waals surface area contributed by atoms with Crippen LogP contribution in [-0.4, -0.2) is 41.7 Å². The molecule has 0 atom stereocenters. The van der Waals surface area contributed by atoms with Crippen LogP contribution in [0.1, 0.15) is 38.4 Å². The molecule has 30 heavy (non-hydrogen) atoms. The summed E-state index contributed by atoms with van der Waals surface area (Å²) in [6.07, 6.45) is 4.62. The highest BCUT2D eigenvalue weighted by Gasteiger charge is 2.37. The molecule has 0 radical (unpaired) electrons. The minimum atomic E-state index is -1.06. The zero-order valence-electron chi connectivity index (χ0n) is 16.4. The van der Waals surface area contributed by atoms with E-state index in [1.165, 1.54) is 11.1 Å². The first-order chi connectivity index (χ1) is 14.2. The van der Waals surface area contributed by atoms with Crippen LogP contribution in [0.4, 0.5) is 11.8 Å². The Kier molecular flexibility index (Phi) is 4.58. The van der Waals surface area contributed by atoms with Gasteiger partial charge < -0.3 is 15.8 Å². The maximum atomic E-state index is 13.3. The number of carbonyl (C=O) groups is 2. The van der Waals surface area contributed by atoms with Gasteiger partial charge in [0, 0.05) is 30.2 Å². The van der Waals surface area contributed by atoms with Crippen molar-refractivity contribution in [1.29, 1.82) is 0 Å². The van der Waals surface area contributed by atoms with Gasteiger partial charge in [-0.3, -0.25) is 14.4 Å². The number of nitrogens with two attached hydrogens (primary N) is 1. The number of carboxylic acid groups (broad SMARTS) is 1. The number of hydrogen-bond donors (Lipinski definition) is 3. The van der Waals surface area contributed by atoms with E-state index in [1.54, 1.807) is 23.9 Å². The molecule has 0 unspecified atom stereocenters. The number of halogens is 1. The largest absolute Gasteiger partial charge is 0.478 e. The second-order valence-electron chi connectivity index (χ2n) is 6.95. The topological polar surface area (TPSA) is 143 Å². The minimum absolute atomic E-state index is 0.0465. The zero-order valence-corrected chi connectivity index (χ0v) is 17.2. The summed E-state index contributed by atoms with van der Waals surface area (Å²) in [5, 5.41) is 13.5. The summed E-state index contributed by atoms with van der Waals surface area (Å²) in [5.74, 6) is -1.16. The quantitative estimate of drug-likeness (QED) is 0.427. The molecular formula is C19H18ClN7O3. The number of fused-ring (bicyclic) bond motifs is 1. The van der Waals surface area contributed by atoms with Crippen LogP contribution in [0.5, 0.6) is 0 Å². The van der Waals surface area contributed by atoms with E-state index in [4.69, 9.17) is 17.3 Å². The van der Waals surface area contributed by atoms with Gasteiger partial charge >= 0.3 is 5.97 Å². The summed E-state index contributed by atoms with van der Waals surface area (Å²) in [4.78, 5) is 37.3. The van der Waals surface area contributed by atoms with E-state index in [2.05, 4.69) is 20.1 Å². The van der Waals surface area contributed by atoms with Crippen LogP contribution in [-0.2, 0) is 18.4 Å². The van der Waals surface area contributed by atoms with Crippen molar-refractivity contribution in [2.45, 2.75) is 20.4 Å². The van der Waals surface area contributed by atoms with Gasteiger partial charge in [-0.25, -0.2) is 9.78 Å². The molecule has 3 aromatic heterocycles. The number of carboxylic acids is 1. The summed E-state index contributed by atoms with van der Waals surface area (Å²) >= 11 is 6.33. The van der Waals surface area contributed by atoms with Crippen LogP contribution in [0.15, 0.2) is 12.4 Å². The summed E-state index contributed by atoms with van der Waals surface area (Å²) < 4.78 is 1.71. The van der Waals surface area contributed by atoms with Crippen molar-refractivity contribution in [3.63, 3.8) is 0 Å². The average molecular weight is 428 g/mol. The van der Waals surface area contributed by atoms with Crippen molar-refractivity contribution >= 4 is 46.9 Å². The van der Waals surface area contributed by atoms with E-state index >= 15 is 0 Å². The van der Waals surface area contributed by atoms with Crippen LogP contribution in [0, 0.1) is 13.8 Å². The number of rotatable bonds is 4. The van der Waals surface area contributed by atoms with E-state index in [0.29, 0.717) is 22.6 Å². The van der Waals surface area contributed by atoms with Crippen molar-refractivity contribution in [3.8, 4) is 0 Å². The molecule has 154 valence electrons. The molecule has 3 aromatic rings. The van der Waals surface area contributed by atoms with E-state index in [1.807, 2.05) is 14.0 Å². The molecule has 11 heteroatoms. The Hall–Kier alpha value is -3.66. The highest BCUT2D eigenvalue weighted by Crippen LogP contribution is 2.41. The number of amides is 1. The number of aromatic carboxylic acids is 1. The van der Waals surface area contributed by atoms with Gasteiger partial charge in [0.25, 0.3) is 5.91 Å². The molecule has 4 heterocycles. The standard InChI is InChI=1S/C19H18ClN7O3/c1-8-12(18(29)30)6-22-13(8)4-11-14-15(20)24-19(21)25-16(14)27(17(11)28)7-10-5-23-26(3)9(10)2/h4-6,22H,7H2,1-3H3,(H,29,30)(H2,21,24,25). The first-order valence-corrected chi connectivity index (χ1v) is 9.32. The smallest absolute Gasteiger partial charge is 0.337 e. The summed E-state index contributed by atoms with van der Waals surface area (Å²) in [6, 6.07) is 0. The lowest BCUT2D eigenvalue weighted by molar-refractivity contribution is -0.113. The molecule has 0 bridgehead atoms. The number of nitrogens with one attached hydrogen (secondary N) is 1. The number of aryl methyl sites for hydroxylation is 1. The molecule has 0 saturated carbocycles. The number of nitrogen functional groups attached to an aromatic ring is 1. The Labute approximate surface area is 176 Å². The number of aromatic nitrogens is 5. The van der Waals surface area contributed by atoms with Crippen LogP contribution in [0.3, 0.4) is 0 Å². The predicted molar refractivity (Wildman–Crippen MR) is 111 cm³/mol.